The van der Waals surface area contributed by atoms with Crippen LogP contribution in [0, 0.1) is 28.1 Å². The van der Waals surface area contributed by atoms with E-state index >= 15 is 0 Å². The molecule has 0 unspecified atom stereocenters. The molecule has 0 atom stereocenters. The molecule has 0 saturated heterocycles. The normalized spacial score (nSPS) is 10.3. The number of hydrogen-bond acceptors (Lipinski definition) is 6. The molecule has 472 valence electrons. The maximum absolute atomic E-state index is 10.1. The monoisotopic (exact) mass is 1410 g/mol. The smallest absolute Gasteiger partial charge is 0.0619 e. The Morgan fingerprint density at radius 2 is 0.674 bits per heavy atom. The van der Waals surface area contributed by atoms with Crippen LogP contribution < -0.4 is 57.7 Å². The van der Waals surface area contributed by atoms with Crippen LogP contribution in [-0.4, -0.2) is 17.9 Å². The van der Waals surface area contributed by atoms with Crippen LogP contribution in [0.25, 0.3) is 0 Å². The summed E-state index contributed by atoms with van der Waals surface area (Å²) in [6.45, 7) is 26.7. The van der Waals surface area contributed by atoms with Crippen molar-refractivity contribution < 1.29 is 72.1 Å². The van der Waals surface area contributed by atoms with E-state index in [0.717, 1.165) is 12.8 Å². The first-order valence-corrected chi connectivity index (χ1v) is 34.7. The fourth-order valence-electron chi connectivity index (χ4n) is 7.67. The van der Waals surface area contributed by atoms with Crippen molar-refractivity contribution in [3.63, 3.8) is 0 Å². The molecule has 0 aliphatic rings. The number of carboxylic acids is 3. The number of aryl methyl sites for hydroxylation is 2. The van der Waals surface area contributed by atoms with Crippen LogP contribution in [0.1, 0.15) is 183 Å². The van der Waals surface area contributed by atoms with Crippen LogP contribution in [0.15, 0.2) is 228 Å². The zero-order chi connectivity index (χ0) is 61.3. The minimum Gasteiger partial charge on any atom is -0.0619 e. The Balaban J connectivity index is 0. The second-order valence-electron chi connectivity index (χ2n) is 21.2. The summed E-state index contributed by atoms with van der Waals surface area (Å²) in [7, 11) is -0.0146. The molecular weight excluding hydrogens is 1310 g/mol. The fraction of sp³-hybridized carbons (Fsp3) is 0.364. The third-order valence-electron chi connectivity index (χ3n) is 13.5. The SMILES string of the molecule is C.C.C.C=CCC(=O)[O-].C=CCC(=O)[O-].CCC(C)(C)c1ccc([I-]c2ccc(C(C)(C)CC)cc2)cc1.CCCCCCCCCCCC(=O)[O-].Cc1ccc([I-]c2ccc(C)cc2)cc1.c1ccc([S+](c2ccccc2)c2ccccc2)cc1. The van der Waals surface area contributed by atoms with Crippen molar-refractivity contribution in [2.24, 2.45) is 0 Å². The number of carbonyl (C=O) groups excluding carboxylic acids is 3. The van der Waals surface area contributed by atoms with E-state index in [-0.39, 0.29) is 106 Å². The number of rotatable bonds is 25. The van der Waals surface area contributed by atoms with Gasteiger partial charge in [0.25, 0.3) is 0 Å². The molecule has 9 heteroatoms. The van der Waals surface area contributed by atoms with Gasteiger partial charge in [0.2, 0.25) is 0 Å². The summed E-state index contributed by atoms with van der Waals surface area (Å²) in [5, 5.41) is 28.9. The van der Waals surface area contributed by atoms with Crippen LogP contribution in [0.3, 0.4) is 0 Å². The number of unbranched alkanes of at least 4 members (excludes halogenated alkanes) is 8. The molecule has 6 nitrogen and oxygen atoms in total. The van der Waals surface area contributed by atoms with E-state index in [0.29, 0.717) is 0 Å². The number of benzene rings is 7. The molecule has 0 radical (unpaired) electrons. The van der Waals surface area contributed by atoms with Crippen molar-refractivity contribution in [2.75, 3.05) is 0 Å². The van der Waals surface area contributed by atoms with Gasteiger partial charge in [-0.15, -0.1) is 13.2 Å². The van der Waals surface area contributed by atoms with Crippen molar-refractivity contribution in [1.82, 2.24) is 0 Å². The molecule has 7 rings (SSSR count). The molecule has 7 aromatic rings. The van der Waals surface area contributed by atoms with E-state index in [4.69, 9.17) is 0 Å². The standard InChI is InChI=1S/C22H30I.C18H15S.C14H14I.C12H24O2.2C4H6O2.3CH4/c1-7-21(3,4)17-9-13-19(14-10-17)23-20-15-11-18(12-16-20)22(5,6)8-2;1-4-10-16(11-5-1)19(17-12-6-2-7-13-17)18-14-8-3-9-15-18;1-11-3-7-13(8-4-11)15-14-9-5-12(2)6-10-14;1-2-3-4-5-6-7-8-9-10-11-12(13)14;2*1-2-3-4(5)6;;;/h9-16H,7-8H2,1-6H3;1-15H;3-10H,1-2H3;2-11H2,1H3,(H,13,14);2*2H,1,3H2,(H,5,6);3*1H4/q-1;+1;-1;;;;;;/p-3. The average molecular weight is 1410 g/mol. The molecule has 0 fully saturated rings. The van der Waals surface area contributed by atoms with Gasteiger partial charge in [-0.2, -0.15) is 0 Å². The van der Waals surface area contributed by atoms with E-state index in [1.165, 1.54) is 121 Å². The van der Waals surface area contributed by atoms with E-state index in [1.807, 2.05) is 0 Å². The van der Waals surface area contributed by atoms with Gasteiger partial charge in [0.05, 0.1) is 10.9 Å². The van der Waals surface area contributed by atoms with Gasteiger partial charge in [0.15, 0.2) is 14.7 Å². The van der Waals surface area contributed by atoms with E-state index in [9.17, 15) is 29.7 Å². The Bertz CT molecular complexity index is 2620. The molecule has 0 amide bonds. The zero-order valence-corrected chi connectivity index (χ0v) is 56.1. The Labute approximate surface area is 546 Å². The van der Waals surface area contributed by atoms with Crippen molar-refractivity contribution in [3.8, 4) is 0 Å². The number of halogens is 2. The van der Waals surface area contributed by atoms with E-state index in [1.54, 1.807) is 0 Å². The van der Waals surface area contributed by atoms with E-state index < -0.39 is 17.9 Å². The quantitative estimate of drug-likeness (QED) is 0.0243. The Kier molecular flexibility index (Phi) is 46.2. The number of aliphatic carboxylic acids is 3. The molecule has 0 N–H and O–H groups in total. The number of carboxylic acid groups (broad SMARTS) is 3. The molecule has 0 aliphatic heterocycles. The Morgan fingerprint density at radius 1 is 0.407 bits per heavy atom. The van der Waals surface area contributed by atoms with Crippen molar-refractivity contribution in [3.05, 3.63) is 250 Å². The molecule has 86 heavy (non-hydrogen) atoms. The molecule has 0 aromatic heterocycles. The minimum atomic E-state index is -1.08. The maximum atomic E-state index is 10.1. The third-order valence-corrected chi connectivity index (χ3v) is 21.1. The third kappa shape index (κ3) is 36.4. The van der Waals surface area contributed by atoms with Gasteiger partial charge in [-0.1, -0.05) is 147 Å². The van der Waals surface area contributed by atoms with Gasteiger partial charge >= 0.3 is 255 Å². The summed E-state index contributed by atoms with van der Waals surface area (Å²) in [6, 6.07) is 68.6. The van der Waals surface area contributed by atoms with Crippen molar-refractivity contribution in [1.29, 1.82) is 0 Å². The second kappa shape index (κ2) is 48.3. The summed E-state index contributed by atoms with van der Waals surface area (Å²) >= 11 is -0.0761. The molecule has 0 saturated carbocycles. The zero-order valence-electron chi connectivity index (χ0n) is 51.0. The van der Waals surface area contributed by atoms with Gasteiger partial charge in [-0.3, -0.25) is 0 Å². The van der Waals surface area contributed by atoms with Gasteiger partial charge in [-0.25, -0.2) is 0 Å². The molecule has 0 spiro atoms. The van der Waals surface area contributed by atoms with Crippen LogP contribution >= 0.6 is 0 Å². The minimum absolute atomic E-state index is 0. The van der Waals surface area contributed by atoms with Gasteiger partial charge in [0, 0.05) is 30.7 Å². The van der Waals surface area contributed by atoms with Crippen molar-refractivity contribution in [2.45, 2.75) is 200 Å². The molecule has 7 aromatic carbocycles. The van der Waals surface area contributed by atoms with Gasteiger partial charge in [-0.05, 0) is 49.2 Å². The Morgan fingerprint density at radius 3 is 0.907 bits per heavy atom. The molecule has 0 heterocycles. The summed E-state index contributed by atoms with van der Waals surface area (Å²) in [5.74, 6) is -3.07. The summed E-state index contributed by atoms with van der Waals surface area (Å²) in [6.07, 6.45) is 16.0. The summed E-state index contributed by atoms with van der Waals surface area (Å²) < 4.78 is 5.98. The summed E-state index contributed by atoms with van der Waals surface area (Å²) in [4.78, 5) is 33.0. The number of hydrogen-bond donors (Lipinski definition) is 0. The van der Waals surface area contributed by atoms with Crippen LogP contribution in [0.2, 0.25) is 0 Å². The molecular formula is C77H104I2O6S-4. The number of carbonyl (C=O) groups is 3. The summed E-state index contributed by atoms with van der Waals surface area (Å²) in [5.41, 5.74) is 6.15. The first-order chi connectivity index (χ1) is 39.8. The van der Waals surface area contributed by atoms with Crippen LogP contribution in [0.4, 0.5) is 0 Å². The predicted octanol–water partition coefficient (Wildman–Crippen LogP) is 11.6. The largest absolute Gasteiger partial charge is 0.166 e. The average Bonchev–Trinajstić information content (AvgIpc) is 3.17. The predicted molar refractivity (Wildman–Crippen MR) is 355 cm³/mol. The molecule has 0 aliphatic carbocycles. The Hall–Kier alpha value is -5.76. The molecule has 0 bridgehead atoms. The van der Waals surface area contributed by atoms with Crippen LogP contribution in [-0.2, 0) is 36.1 Å². The van der Waals surface area contributed by atoms with E-state index in [2.05, 4.69) is 264 Å². The first-order valence-electron chi connectivity index (χ1n) is 29.1. The maximum Gasteiger partial charge on any atom is 0.166 e. The van der Waals surface area contributed by atoms with Gasteiger partial charge < -0.3 is 29.7 Å². The van der Waals surface area contributed by atoms with Crippen LogP contribution in [0.5, 0.6) is 0 Å². The van der Waals surface area contributed by atoms with Gasteiger partial charge in [0.1, 0.15) is 0 Å². The topological polar surface area (TPSA) is 120 Å². The first kappa shape index (κ1) is 82.3. The fourth-order valence-corrected chi connectivity index (χ4v) is 14.1. The second-order valence-corrected chi connectivity index (χ2v) is 29.3. The van der Waals surface area contributed by atoms with Crippen molar-refractivity contribution >= 4 is 28.8 Å².